The van der Waals surface area contributed by atoms with Gasteiger partial charge in [-0.05, 0) is 24.3 Å². The molecule has 0 bridgehead atoms. The normalized spacial score (nSPS) is 10.7. The molecule has 0 aliphatic carbocycles. The number of aryl methyl sites for hydroxylation is 1. The lowest BCUT2D eigenvalue weighted by atomic mass is 10.2. The van der Waals surface area contributed by atoms with Gasteiger partial charge in [0.05, 0.1) is 5.52 Å². The topological polar surface area (TPSA) is 59.8 Å². The molecule has 3 aromatic rings. The van der Waals surface area contributed by atoms with Gasteiger partial charge >= 0.3 is 0 Å². The lowest BCUT2D eigenvalue weighted by molar-refractivity contribution is 0.102. The van der Waals surface area contributed by atoms with Crippen LogP contribution in [0.1, 0.15) is 10.5 Å². The molecule has 0 radical (unpaired) electrons. The Hall–Kier alpha value is -2.76. The van der Waals surface area contributed by atoms with E-state index < -0.39 is 0 Å². The van der Waals surface area contributed by atoms with Crippen molar-refractivity contribution in [1.82, 2.24) is 14.5 Å². The van der Waals surface area contributed by atoms with Gasteiger partial charge in [0.1, 0.15) is 11.5 Å². The first-order chi connectivity index (χ1) is 9.63. The van der Waals surface area contributed by atoms with Crippen molar-refractivity contribution in [3.05, 3.63) is 54.2 Å². The number of nitrogens with one attached hydrogen (secondary N) is 1. The Morgan fingerprint density at radius 2 is 2.15 bits per heavy atom. The van der Waals surface area contributed by atoms with E-state index in [1.54, 1.807) is 42.2 Å². The summed E-state index contributed by atoms with van der Waals surface area (Å²) in [6, 6.07) is 7.46. The third-order valence-corrected chi connectivity index (χ3v) is 2.93. The van der Waals surface area contributed by atoms with Crippen LogP contribution in [0.2, 0.25) is 0 Å². The number of hydrogen-bond acceptors (Lipinski definition) is 3. The first kappa shape index (κ1) is 12.3. The van der Waals surface area contributed by atoms with Crippen LogP contribution < -0.4 is 5.32 Å². The second-order valence-corrected chi connectivity index (χ2v) is 4.35. The molecule has 1 N–H and O–H groups in total. The van der Waals surface area contributed by atoms with E-state index in [0.717, 1.165) is 0 Å². The summed E-state index contributed by atoms with van der Waals surface area (Å²) in [4.78, 5) is 20.3. The number of benzene rings is 1. The molecule has 0 spiro atoms. The van der Waals surface area contributed by atoms with Crippen molar-refractivity contribution in [2.75, 3.05) is 5.32 Å². The first-order valence-corrected chi connectivity index (χ1v) is 5.98. The molecule has 6 heteroatoms. The zero-order chi connectivity index (χ0) is 14.1. The van der Waals surface area contributed by atoms with Crippen molar-refractivity contribution in [2.24, 2.45) is 7.05 Å². The summed E-state index contributed by atoms with van der Waals surface area (Å²) in [5.74, 6) is -0.244. The third kappa shape index (κ3) is 2.23. The van der Waals surface area contributed by atoms with E-state index in [4.69, 9.17) is 0 Å². The minimum atomic E-state index is -0.356. The van der Waals surface area contributed by atoms with Crippen LogP contribution in [-0.2, 0) is 7.05 Å². The quantitative estimate of drug-likeness (QED) is 0.777. The van der Waals surface area contributed by atoms with Crippen molar-refractivity contribution in [3.8, 4) is 0 Å². The number of anilines is 1. The maximum absolute atomic E-state index is 13.1. The van der Waals surface area contributed by atoms with Crippen LogP contribution in [0.3, 0.4) is 0 Å². The number of carbonyl (C=O) groups excluding carboxylic acids is 1. The Balaban J connectivity index is 1.92. The molecule has 0 unspecified atom stereocenters. The zero-order valence-corrected chi connectivity index (χ0v) is 10.7. The smallest absolute Gasteiger partial charge is 0.276 e. The van der Waals surface area contributed by atoms with E-state index >= 15 is 0 Å². The molecule has 1 amide bonds. The van der Waals surface area contributed by atoms with Gasteiger partial charge in [0.25, 0.3) is 5.91 Å². The maximum Gasteiger partial charge on any atom is 0.276 e. The summed E-state index contributed by atoms with van der Waals surface area (Å²) in [6.07, 6.45) is 3.32. The molecule has 0 saturated carbocycles. The second-order valence-electron chi connectivity index (χ2n) is 4.35. The van der Waals surface area contributed by atoms with E-state index in [9.17, 15) is 9.18 Å². The van der Waals surface area contributed by atoms with Crippen molar-refractivity contribution >= 4 is 22.8 Å². The fourth-order valence-corrected chi connectivity index (χ4v) is 1.87. The van der Waals surface area contributed by atoms with Gasteiger partial charge in [0, 0.05) is 24.8 Å². The number of pyridine rings is 1. The van der Waals surface area contributed by atoms with Gasteiger partial charge in [0.15, 0.2) is 0 Å². The Morgan fingerprint density at radius 1 is 1.30 bits per heavy atom. The second kappa shape index (κ2) is 4.73. The van der Waals surface area contributed by atoms with E-state index in [1.165, 1.54) is 12.1 Å². The number of carbonyl (C=O) groups is 1. The van der Waals surface area contributed by atoms with Crippen molar-refractivity contribution < 1.29 is 9.18 Å². The molecule has 0 saturated heterocycles. The van der Waals surface area contributed by atoms with Crippen LogP contribution in [0.25, 0.3) is 10.9 Å². The molecule has 2 aromatic heterocycles. The zero-order valence-electron chi connectivity index (χ0n) is 10.7. The third-order valence-electron chi connectivity index (χ3n) is 2.93. The molecule has 20 heavy (non-hydrogen) atoms. The van der Waals surface area contributed by atoms with Crippen LogP contribution in [-0.4, -0.2) is 20.4 Å². The molecule has 0 aliphatic heterocycles. The predicted molar refractivity (Wildman–Crippen MR) is 72.9 cm³/mol. The molecular formula is C14H11FN4O. The van der Waals surface area contributed by atoms with Gasteiger partial charge in [-0.3, -0.25) is 10.1 Å². The summed E-state index contributed by atoms with van der Waals surface area (Å²) < 4.78 is 14.8. The number of imidazole rings is 1. The highest BCUT2D eigenvalue weighted by Crippen LogP contribution is 2.14. The molecule has 0 fully saturated rings. The van der Waals surface area contributed by atoms with Crippen molar-refractivity contribution in [1.29, 1.82) is 0 Å². The van der Waals surface area contributed by atoms with Gasteiger partial charge in [-0.25, -0.2) is 14.4 Å². The maximum atomic E-state index is 13.1. The number of amides is 1. The fourth-order valence-electron chi connectivity index (χ4n) is 1.87. The number of fused-ring (bicyclic) bond motifs is 1. The summed E-state index contributed by atoms with van der Waals surface area (Å²) >= 11 is 0. The number of rotatable bonds is 2. The standard InChI is InChI=1S/C14H11FN4O/c1-19-7-6-16-14(19)18-13(20)12-4-2-9-8-10(15)3-5-11(9)17-12/h2-8H,1H3,(H,16,18,20). The SMILES string of the molecule is Cn1ccnc1NC(=O)c1ccc2cc(F)ccc2n1. The van der Waals surface area contributed by atoms with Crippen molar-refractivity contribution in [2.45, 2.75) is 0 Å². The van der Waals surface area contributed by atoms with Gasteiger partial charge in [-0.1, -0.05) is 6.07 Å². The molecule has 2 heterocycles. The Bertz CT molecular complexity index is 797. The van der Waals surface area contributed by atoms with Gasteiger partial charge < -0.3 is 4.57 Å². The van der Waals surface area contributed by atoms with Crippen LogP contribution in [0.5, 0.6) is 0 Å². The lowest BCUT2D eigenvalue weighted by Gasteiger charge is -2.05. The monoisotopic (exact) mass is 270 g/mol. The summed E-state index contributed by atoms with van der Waals surface area (Å²) in [7, 11) is 1.78. The first-order valence-electron chi connectivity index (χ1n) is 5.98. The fraction of sp³-hybridized carbons (Fsp3) is 0.0714. The Labute approximate surface area is 114 Å². The van der Waals surface area contributed by atoms with Crippen LogP contribution in [0, 0.1) is 5.82 Å². The molecule has 100 valence electrons. The average molecular weight is 270 g/mol. The molecule has 1 aromatic carbocycles. The summed E-state index contributed by atoms with van der Waals surface area (Å²) in [5, 5.41) is 3.31. The molecule has 0 atom stereocenters. The molecule has 5 nitrogen and oxygen atoms in total. The van der Waals surface area contributed by atoms with E-state index in [1.807, 2.05) is 0 Å². The largest absolute Gasteiger partial charge is 0.320 e. The number of nitrogens with zero attached hydrogens (tertiary/aromatic N) is 3. The summed E-state index contributed by atoms with van der Waals surface area (Å²) in [5.41, 5.74) is 0.825. The highest BCUT2D eigenvalue weighted by Gasteiger charge is 2.11. The van der Waals surface area contributed by atoms with Crippen LogP contribution >= 0.6 is 0 Å². The Morgan fingerprint density at radius 3 is 2.90 bits per heavy atom. The van der Waals surface area contributed by atoms with Gasteiger partial charge in [-0.2, -0.15) is 0 Å². The minimum Gasteiger partial charge on any atom is -0.320 e. The molecular weight excluding hydrogens is 259 g/mol. The van der Waals surface area contributed by atoms with Crippen LogP contribution in [0.15, 0.2) is 42.7 Å². The highest BCUT2D eigenvalue weighted by atomic mass is 19.1. The van der Waals surface area contributed by atoms with Crippen molar-refractivity contribution in [3.63, 3.8) is 0 Å². The predicted octanol–water partition coefficient (Wildman–Crippen LogP) is 2.36. The number of halogens is 1. The minimum absolute atomic E-state index is 0.257. The molecule has 3 rings (SSSR count). The highest BCUT2D eigenvalue weighted by molar-refractivity contribution is 6.03. The van der Waals surface area contributed by atoms with E-state index in [-0.39, 0.29) is 17.4 Å². The average Bonchev–Trinajstić information content (AvgIpc) is 2.83. The Kier molecular flexibility index (Phi) is 2.90. The number of hydrogen-bond donors (Lipinski definition) is 1. The number of aromatic nitrogens is 3. The summed E-state index contributed by atoms with van der Waals surface area (Å²) in [6.45, 7) is 0. The van der Waals surface area contributed by atoms with Gasteiger partial charge in [-0.15, -0.1) is 0 Å². The molecule has 0 aliphatic rings. The van der Waals surface area contributed by atoms with E-state index in [2.05, 4.69) is 15.3 Å². The van der Waals surface area contributed by atoms with E-state index in [0.29, 0.717) is 16.9 Å². The van der Waals surface area contributed by atoms with Gasteiger partial charge in [0.2, 0.25) is 5.95 Å². The lowest BCUT2D eigenvalue weighted by Crippen LogP contribution is -2.16. The van der Waals surface area contributed by atoms with Crippen LogP contribution in [0.4, 0.5) is 10.3 Å².